The van der Waals surface area contributed by atoms with Crippen molar-refractivity contribution in [3.8, 4) is 0 Å². The fraction of sp³-hybridized carbons (Fsp3) is 0.400. The minimum absolute atomic E-state index is 0.0403. The predicted octanol–water partition coefficient (Wildman–Crippen LogP) is 3.94. The molecule has 1 saturated heterocycles. The van der Waals surface area contributed by atoms with Gasteiger partial charge in [0.05, 0.1) is 23.4 Å². The number of imidazole rings is 1. The number of carbonyl (C=O) groups excluding carboxylic acids is 2. The van der Waals surface area contributed by atoms with E-state index in [1.54, 1.807) is 6.33 Å². The highest BCUT2D eigenvalue weighted by Gasteiger charge is 2.30. The smallest absolute Gasteiger partial charge is 0.319 e. The van der Waals surface area contributed by atoms with Crippen molar-refractivity contribution in [1.29, 1.82) is 0 Å². The van der Waals surface area contributed by atoms with Gasteiger partial charge in [0, 0.05) is 32.1 Å². The van der Waals surface area contributed by atoms with E-state index in [0.717, 1.165) is 22.2 Å². The molecule has 1 aliphatic rings. The molecule has 168 valence electrons. The number of benzene rings is 2. The molecule has 3 amide bonds. The van der Waals surface area contributed by atoms with E-state index in [1.165, 1.54) is 0 Å². The zero-order valence-corrected chi connectivity index (χ0v) is 18.8. The number of H-pyrrole nitrogens is 1. The quantitative estimate of drug-likeness (QED) is 0.618. The third-order valence-electron chi connectivity index (χ3n) is 6.37. The fourth-order valence-corrected chi connectivity index (χ4v) is 4.42. The molecule has 1 fully saturated rings. The lowest BCUT2D eigenvalue weighted by molar-refractivity contribution is -0.126. The molecule has 0 radical (unpaired) electrons. The number of aromatic nitrogens is 2. The lowest BCUT2D eigenvalue weighted by Crippen LogP contribution is -2.48. The van der Waals surface area contributed by atoms with Crippen LogP contribution in [-0.2, 0) is 4.79 Å². The maximum Gasteiger partial charge on any atom is 0.319 e. The number of nitrogens with zero attached hydrogens (tertiary/aromatic N) is 3. The summed E-state index contributed by atoms with van der Waals surface area (Å²) in [6.45, 7) is 6.62. The van der Waals surface area contributed by atoms with Crippen LogP contribution in [0.3, 0.4) is 0 Å². The van der Waals surface area contributed by atoms with Crippen molar-refractivity contribution in [2.24, 2.45) is 5.92 Å². The average molecular weight is 434 g/mol. The summed E-state index contributed by atoms with van der Waals surface area (Å²) in [5, 5.41) is 3.28. The largest absolute Gasteiger partial charge is 0.345 e. The molecule has 0 aliphatic carbocycles. The van der Waals surface area contributed by atoms with E-state index >= 15 is 0 Å². The topological polar surface area (TPSA) is 81.3 Å². The summed E-state index contributed by atoms with van der Waals surface area (Å²) >= 11 is 0. The molecule has 1 aliphatic heterocycles. The number of amides is 3. The molecular formula is C25H31N5O2. The Kier molecular flexibility index (Phi) is 6.73. The number of piperidine rings is 1. The number of likely N-dealkylation sites (tertiary alicyclic amines) is 1. The van der Waals surface area contributed by atoms with Crippen molar-refractivity contribution in [2.75, 3.05) is 26.2 Å². The van der Waals surface area contributed by atoms with Crippen LogP contribution >= 0.6 is 0 Å². The number of carbonyl (C=O) groups is 2. The Bertz CT molecular complexity index is 1050. The number of aromatic amines is 1. The first kappa shape index (κ1) is 21.9. The van der Waals surface area contributed by atoms with Crippen molar-refractivity contribution in [3.05, 3.63) is 66.0 Å². The molecule has 0 saturated carbocycles. The Labute approximate surface area is 188 Å². The van der Waals surface area contributed by atoms with Crippen LogP contribution in [0.1, 0.15) is 43.9 Å². The summed E-state index contributed by atoms with van der Waals surface area (Å²) in [5.74, 6) is -0.0589. The van der Waals surface area contributed by atoms with Gasteiger partial charge in [0.25, 0.3) is 0 Å². The number of rotatable bonds is 6. The van der Waals surface area contributed by atoms with E-state index in [2.05, 4.69) is 15.3 Å². The summed E-state index contributed by atoms with van der Waals surface area (Å²) in [5.41, 5.74) is 3.89. The molecule has 32 heavy (non-hydrogen) atoms. The number of hydrogen-bond acceptors (Lipinski definition) is 3. The van der Waals surface area contributed by atoms with Crippen LogP contribution in [-0.4, -0.2) is 57.9 Å². The van der Waals surface area contributed by atoms with Gasteiger partial charge in [-0.25, -0.2) is 9.78 Å². The monoisotopic (exact) mass is 433 g/mol. The van der Waals surface area contributed by atoms with Crippen LogP contribution in [0.5, 0.6) is 0 Å². The summed E-state index contributed by atoms with van der Waals surface area (Å²) in [6.07, 6.45) is 3.04. The number of urea groups is 1. The van der Waals surface area contributed by atoms with E-state index in [4.69, 9.17) is 0 Å². The second-order valence-corrected chi connectivity index (χ2v) is 8.25. The summed E-state index contributed by atoms with van der Waals surface area (Å²) in [7, 11) is 0. The van der Waals surface area contributed by atoms with Crippen molar-refractivity contribution < 1.29 is 9.59 Å². The van der Waals surface area contributed by atoms with Crippen molar-refractivity contribution in [2.45, 2.75) is 32.7 Å². The Morgan fingerprint density at radius 2 is 1.81 bits per heavy atom. The van der Waals surface area contributed by atoms with Crippen molar-refractivity contribution in [3.63, 3.8) is 0 Å². The highest BCUT2D eigenvalue weighted by Crippen LogP contribution is 2.26. The number of nitrogens with one attached hydrogen (secondary N) is 2. The van der Waals surface area contributed by atoms with E-state index in [-0.39, 0.29) is 23.9 Å². The van der Waals surface area contributed by atoms with Gasteiger partial charge in [0.2, 0.25) is 5.91 Å². The first-order valence-electron chi connectivity index (χ1n) is 11.4. The second-order valence-electron chi connectivity index (χ2n) is 8.25. The molecule has 0 bridgehead atoms. The third kappa shape index (κ3) is 4.61. The molecule has 1 aromatic heterocycles. The van der Waals surface area contributed by atoms with Gasteiger partial charge >= 0.3 is 6.03 Å². The first-order valence-corrected chi connectivity index (χ1v) is 11.4. The summed E-state index contributed by atoms with van der Waals surface area (Å²) < 4.78 is 0. The van der Waals surface area contributed by atoms with E-state index in [9.17, 15) is 9.59 Å². The van der Waals surface area contributed by atoms with Gasteiger partial charge < -0.3 is 20.1 Å². The molecule has 0 spiro atoms. The van der Waals surface area contributed by atoms with Crippen LogP contribution in [0.4, 0.5) is 4.79 Å². The van der Waals surface area contributed by atoms with Crippen LogP contribution in [0.25, 0.3) is 11.0 Å². The number of fused-ring (bicyclic) bond motifs is 1. The van der Waals surface area contributed by atoms with Gasteiger partial charge in [-0.1, -0.05) is 36.4 Å². The van der Waals surface area contributed by atoms with E-state index in [0.29, 0.717) is 39.0 Å². The van der Waals surface area contributed by atoms with Crippen LogP contribution in [0.15, 0.2) is 54.9 Å². The summed E-state index contributed by atoms with van der Waals surface area (Å²) in [4.78, 5) is 37.0. The highest BCUT2D eigenvalue weighted by molar-refractivity contribution is 5.81. The molecule has 7 nitrogen and oxygen atoms in total. The Morgan fingerprint density at radius 1 is 1.09 bits per heavy atom. The molecule has 4 rings (SSSR count). The molecule has 2 heterocycles. The van der Waals surface area contributed by atoms with Gasteiger partial charge in [0.1, 0.15) is 0 Å². The Hall–Kier alpha value is -3.35. The van der Waals surface area contributed by atoms with Crippen LogP contribution in [0, 0.1) is 5.92 Å². The minimum atomic E-state index is -0.244. The zero-order valence-electron chi connectivity index (χ0n) is 18.8. The zero-order chi connectivity index (χ0) is 22.5. The minimum Gasteiger partial charge on any atom is -0.345 e. The highest BCUT2D eigenvalue weighted by atomic mass is 16.2. The summed E-state index contributed by atoms with van der Waals surface area (Å²) in [6, 6.07) is 15.9. The lowest BCUT2D eigenvalue weighted by Gasteiger charge is -2.35. The maximum atomic E-state index is 13.2. The van der Waals surface area contributed by atoms with Gasteiger partial charge in [-0.2, -0.15) is 0 Å². The standard InChI is InChI=1S/C25H31N5O2/c1-3-29(4-2)25(32)30-14-12-19(13-15-30)24(31)28-23(18-8-6-5-7-9-18)20-10-11-21-22(16-20)27-17-26-21/h5-11,16-17,19,23H,3-4,12-15H2,1-2H3,(H,26,27)(H,28,31). The van der Waals surface area contributed by atoms with Crippen LogP contribution in [0.2, 0.25) is 0 Å². The Balaban J connectivity index is 1.47. The fourth-order valence-electron chi connectivity index (χ4n) is 4.42. The lowest BCUT2D eigenvalue weighted by atomic mass is 9.93. The van der Waals surface area contributed by atoms with Gasteiger partial charge in [0.15, 0.2) is 0 Å². The molecule has 2 N–H and O–H groups in total. The number of hydrogen-bond donors (Lipinski definition) is 2. The van der Waals surface area contributed by atoms with Gasteiger partial charge in [-0.15, -0.1) is 0 Å². The molecule has 3 aromatic rings. The van der Waals surface area contributed by atoms with Gasteiger partial charge in [-0.3, -0.25) is 4.79 Å². The second kappa shape index (κ2) is 9.85. The molecule has 7 heteroatoms. The van der Waals surface area contributed by atoms with Crippen LogP contribution < -0.4 is 5.32 Å². The van der Waals surface area contributed by atoms with Crippen molar-refractivity contribution in [1.82, 2.24) is 25.1 Å². The normalized spacial score (nSPS) is 15.5. The first-order chi connectivity index (χ1) is 15.6. The SMILES string of the molecule is CCN(CC)C(=O)N1CCC(C(=O)NC(c2ccccc2)c2ccc3nc[nH]c3c2)CC1. The molecule has 2 aromatic carbocycles. The molecule has 1 unspecified atom stereocenters. The molecular weight excluding hydrogens is 402 g/mol. The third-order valence-corrected chi connectivity index (χ3v) is 6.37. The maximum absolute atomic E-state index is 13.2. The van der Waals surface area contributed by atoms with E-state index in [1.807, 2.05) is 72.2 Å². The van der Waals surface area contributed by atoms with Gasteiger partial charge in [-0.05, 0) is 49.9 Å². The average Bonchev–Trinajstić information content (AvgIpc) is 3.31. The predicted molar refractivity (Wildman–Crippen MR) is 125 cm³/mol. The van der Waals surface area contributed by atoms with E-state index < -0.39 is 0 Å². The molecule has 1 atom stereocenters. The van der Waals surface area contributed by atoms with Crippen molar-refractivity contribution >= 4 is 23.0 Å². The Morgan fingerprint density at radius 3 is 2.50 bits per heavy atom.